The number of methoxy groups -OCH3 is 1. The Morgan fingerprint density at radius 1 is 1.17 bits per heavy atom. The molecule has 0 aliphatic heterocycles. The van der Waals surface area contributed by atoms with E-state index in [2.05, 4.69) is 32.4 Å². The Bertz CT molecular complexity index is 250. The van der Waals surface area contributed by atoms with Crippen LogP contribution in [0.15, 0.2) is 25.7 Å². The van der Waals surface area contributed by atoms with Crippen LogP contribution in [0.5, 0.6) is 0 Å². The van der Waals surface area contributed by atoms with Crippen molar-refractivity contribution in [3.05, 3.63) is 25.7 Å². The molecule has 0 aromatic heterocycles. The zero-order valence-electron chi connectivity index (χ0n) is 10.3. The van der Waals surface area contributed by atoms with Gasteiger partial charge in [0.1, 0.15) is 12.9 Å². The summed E-state index contributed by atoms with van der Waals surface area (Å²) in [6.07, 6.45) is 1.54. The summed E-state index contributed by atoms with van der Waals surface area (Å²) in [5.74, 6) is -1.71. The highest BCUT2D eigenvalue weighted by molar-refractivity contribution is 5.76. The number of esters is 1. The minimum absolute atomic E-state index is 0.190. The third-order valence-corrected chi connectivity index (χ3v) is 1.29. The molecule has 0 rings (SSSR count). The van der Waals surface area contributed by atoms with E-state index >= 15 is 0 Å². The minimum atomic E-state index is -1.06. The quantitative estimate of drug-likeness (QED) is 0.167. The molecule has 0 unspecified atom stereocenters. The molecule has 0 aromatic carbocycles. The third kappa shape index (κ3) is 16.6. The van der Waals surface area contributed by atoms with Gasteiger partial charge in [-0.1, -0.05) is 0 Å². The standard InChI is InChI=1S/C9H14O7.C2H4/c1-13-4-6-15-16-7-5-14-9(12)3-2-8(10)11;1-2/h5,7H,2-4,6H2,1H3,(H,10,11);1-2H2/b7-5-;. The second-order valence-electron chi connectivity index (χ2n) is 2.57. The monoisotopic (exact) mass is 262 g/mol. The lowest BCUT2D eigenvalue weighted by molar-refractivity contribution is -0.255. The minimum Gasteiger partial charge on any atom is -0.481 e. The second-order valence-corrected chi connectivity index (χ2v) is 2.57. The van der Waals surface area contributed by atoms with Crippen molar-refractivity contribution in [1.29, 1.82) is 0 Å². The second kappa shape index (κ2) is 15.1. The van der Waals surface area contributed by atoms with Crippen molar-refractivity contribution in [3.63, 3.8) is 0 Å². The van der Waals surface area contributed by atoms with Gasteiger partial charge in [0.05, 0.1) is 19.4 Å². The van der Waals surface area contributed by atoms with Crippen LogP contribution in [0, 0.1) is 0 Å². The Labute approximate surface area is 106 Å². The lowest BCUT2D eigenvalue weighted by Crippen LogP contribution is -2.04. The normalized spacial score (nSPS) is 9.39. The van der Waals surface area contributed by atoms with Crippen molar-refractivity contribution in [2.24, 2.45) is 0 Å². The molecule has 0 spiro atoms. The average molecular weight is 262 g/mol. The highest BCUT2D eigenvalue weighted by Crippen LogP contribution is 1.93. The summed E-state index contributed by atoms with van der Waals surface area (Å²) in [6.45, 7) is 6.63. The maximum absolute atomic E-state index is 10.8. The fourth-order valence-corrected chi connectivity index (χ4v) is 0.599. The largest absolute Gasteiger partial charge is 0.481 e. The summed E-state index contributed by atoms with van der Waals surface area (Å²) in [6, 6.07) is 0. The van der Waals surface area contributed by atoms with Crippen LogP contribution in [-0.2, 0) is 28.8 Å². The van der Waals surface area contributed by atoms with Gasteiger partial charge in [-0.05, 0) is 0 Å². The van der Waals surface area contributed by atoms with Crippen molar-refractivity contribution in [3.8, 4) is 0 Å². The molecule has 0 saturated heterocycles. The summed E-state index contributed by atoms with van der Waals surface area (Å²) < 4.78 is 9.15. The fourth-order valence-electron chi connectivity index (χ4n) is 0.599. The maximum atomic E-state index is 10.8. The van der Waals surface area contributed by atoms with Crippen LogP contribution in [0.1, 0.15) is 12.8 Å². The Morgan fingerprint density at radius 3 is 2.39 bits per heavy atom. The van der Waals surface area contributed by atoms with Crippen LogP contribution in [0.25, 0.3) is 0 Å². The first kappa shape index (κ1) is 18.5. The van der Waals surface area contributed by atoms with Gasteiger partial charge >= 0.3 is 11.9 Å². The first-order valence-electron chi connectivity index (χ1n) is 5.00. The SMILES string of the molecule is C=C.COCCOO/C=C\OC(=O)CCC(=O)O. The van der Waals surface area contributed by atoms with Gasteiger partial charge in [-0.2, -0.15) is 4.89 Å². The molecule has 7 nitrogen and oxygen atoms in total. The Balaban J connectivity index is 0. The van der Waals surface area contributed by atoms with Crippen LogP contribution in [0.3, 0.4) is 0 Å². The van der Waals surface area contributed by atoms with Crippen molar-refractivity contribution in [2.75, 3.05) is 20.3 Å². The van der Waals surface area contributed by atoms with Crippen molar-refractivity contribution >= 4 is 11.9 Å². The molecule has 0 heterocycles. The molecular formula is C11H18O7. The van der Waals surface area contributed by atoms with Crippen LogP contribution in [-0.4, -0.2) is 37.4 Å². The maximum Gasteiger partial charge on any atom is 0.311 e. The number of carboxylic acid groups (broad SMARTS) is 1. The summed E-state index contributed by atoms with van der Waals surface area (Å²) in [5, 5.41) is 8.27. The third-order valence-electron chi connectivity index (χ3n) is 1.29. The highest BCUT2D eigenvalue weighted by atomic mass is 17.2. The van der Waals surface area contributed by atoms with E-state index in [1.807, 2.05) is 0 Å². The molecule has 0 amide bonds. The van der Waals surface area contributed by atoms with E-state index in [0.717, 1.165) is 12.5 Å². The number of hydrogen-bond acceptors (Lipinski definition) is 6. The van der Waals surface area contributed by atoms with Crippen molar-refractivity contribution in [2.45, 2.75) is 12.8 Å². The molecule has 0 aliphatic rings. The molecule has 0 aliphatic carbocycles. The van der Waals surface area contributed by atoms with Gasteiger partial charge in [-0.15, -0.1) is 13.2 Å². The fraction of sp³-hybridized carbons (Fsp3) is 0.455. The van der Waals surface area contributed by atoms with Gasteiger partial charge in [0, 0.05) is 7.11 Å². The van der Waals surface area contributed by atoms with Crippen LogP contribution < -0.4 is 0 Å². The summed E-state index contributed by atoms with van der Waals surface area (Å²) in [4.78, 5) is 29.9. The Kier molecular flexibility index (Phi) is 15.6. The Morgan fingerprint density at radius 2 is 1.83 bits per heavy atom. The van der Waals surface area contributed by atoms with Gasteiger partial charge < -0.3 is 19.5 Å². The molecular weight excluding hydrogens is 244 g/mol. The molecule has 0 aromatic rings. The topological polar surface area (TPSA) is 91.3 Å². The molecule has 0 atom stereocenters. The molecule has 0 bridgehead atoms. The van der Waals surface area contributed by atoms with Gasteiger partial charge in [-0.25, -0.2) is 0 Å². The van der Waals surface area contributed by atoms with E-state index in [1.165, 1.54) is 7.11 Å². The lowest BCUT2D eigenvalue weighted by atomic mass is 10.3. The summed E-state index contributed by atoms with van der Waals surface area (Å²) in [5.41, 5.74) is 0. The van der Waals surface area contributed by atoms with Crippen LogP contribution in [0.4, 0.5) is 0 Å². The molecule has 18 heavy (non-hydrogen) atoms. The number of carbonyl (C=O) groups excluding carboxylic acids is 1. The number of aliphatic carboxylic acids is 1. The molecule has 0 radical (unpaired) electrons. The van der Waals surface area contributed by atoms with Gasteiger partial charge in [0.25, 0.3) is 0 Å². The zero-order valence-corrected chi connectivity index (χ0v) is 10.3. The Hall–Kier alpha value is -1.86. The number of carboxylic acids is 1. The van der Waals surface area contributed by atoms with Gasteiger partial charge in [0.15, 0.2) is 6.26 Å². The molecule has 104 valence electrons. The summed E-state index contributed by atoms with van der Waals surface area (Å²) in [7, 11) is 1.52. The lowest BCUT2D eigenvalue weighted by Gasteiger charge is -1.99. The van der Waals surface area contributed by atoms with Gasteiger partial charge in [0.2, 0.25) is 0 Å². The number of ether oxygens (including phenoxy) is 2. The number of rotatable bonds is 9. The van der Waals surface area contributed by atoms with E-state index in [0.29, 0.717) is 6.61 Å². The average Bonchev–Trinajstić information content (AvgIpc) is 2.37. The first-order chi connectivity index (χ1) is 8.66. The highest BCUT2D eigenvalue weighted by Gasteiger charge is 2.04. The number of carbonyl (C=O) groups is 2. The predicted octanol–water partition coefficient (Wildman–Crippen LogP) is 1.26. The zero-order chi connectivity index (χ0) is 14.2. The first-order valence-corrected chi connectivity index (χ1v) is 5.00. The molecule has 7 heteroatoms. The predicted molar refractivity (Wildman–Crippen MR) is 62.3 cm³/mol. The summed E-state index contributed by atoms with van der Waals surface area (Å²) >= 11 is 0. The van der Waals surface area contributed by atoms with E-state index < -0.39 is 11.9 Å². The van der Waals surface area contributed by atoms with Gasteiger partial charge in [-0.3, -0.25) is 9.59 Å². The van der Waals surface area contributed by atoms with E-state index in [-0.39, 0.29) is 19.4 Å². The van der Waals surface area contributed by atoms with E-state index in [4.69, 9.17) is 5.11 Å². The van der Waals surface area contributed by atoms with Crippen molar-refractivity contribution in [1.82, 2.24) is 0 Å². The van der Waals surface area contributed by atoms with E-state index in [9.17, 15) is 9.59 Å². The molecule has 0 fully saturated rings. The van der Waals surface area contributed by atoms with Crippen molar-refractivity contribution < 1.29 is 33.9 Å². The number of hydrogen-bond donors (Lipinski definition) is 1. The van der Waals surface area contributed by atoms with E-state index in [1.54, 1.807) is 0 Å². The van der Waals surface area contributed by atoms with Crippen LogP contribution in [0.2, 0.25) is 0 Å². The molecule has 1 N–H and O–H groups in total. The molecule has 0 saturated carbocycles. The smallest absolute Gasteiger partial charge is 0.311 e. The van der Waals surface area contributed by atoms with Crippen LogP contribution >= 0.6 is 0 Å².